The molecule has 19 heavy (non-hydrogen) atoms. The van der Waals surface area contributed by atoms with E-state index in [4.69, 9.17) is 5.73 Å². The second kappa shape index (κ2) is 6.21. The summed E-state index contributed by atoms with van der Waals surface area (Å²) in [6.07, 6.45) is 0. The van der Waals surface area contributed by atoms with Gasteiger partial charge in [-0.25, -0.2) is 0 Å². The van der Waals surface area contributed by atoms with Crippen molar-refractivity contribution in [3.8, 4) is 0 Å². The number of hydrogen-bond donors (Lipinski definition) is 2. The first-order valence-corrected chi connectivity index (χ1v) is 7.23. The van der Waals surface area contributed by atoms with Crippen LogP contribution in [0.3, 0.4) is 0 Å². The Morgan fingerprint density at radius 2 is 1.89 bits per heavy atom. The van der Waals surface area contributed by atoms with Crippen LogP contribution in [0.5, 0.6) is 0 Å². The molecule has 5 heteroatoms. The highest BCUT2D eigenvalue weighted by atomic mass is 79.9. The van der Waals surface area contributed by atoms with Gasteiger partial charge in [0.15, 0.2) is 0 Å². The van der Waals surface area contributed by atoms with Gasteiger partial charge in [0.25, 0.3) is 5.91 Å². The topological polar surface area (TPSA) is 55.1 Å². The molecule has 0 unspecified atom stereocenters. The Labute approximate surface area is 128 Å². The number of amides is 1. The number of anilines is 1. The van der Waals surface area contributed by atoms with E-state index in [0.717, 1.165) is 14.5 Å². The number of para-hydroxylation sites is 1. The largest absolute Gasteiger partial charge is 0.398 e. The number of hydrogen-bond acceptors (Lipinski definition) is 2. The van der Waals surface area contributed by atoms with E-state index in [1.807, 2.05) is 36.4 Å². The Balaban J connectivity index is 2.10. The van der Waals surface area contributed by atoms with E-state index in [1.165, 1.54) is 0 Å². The quantitative estimate of drug-likeness (QED) is 0.793. The second-order valence-electron chi connectivity index (χ2n) is 4.01. The summed E-state index contributed by atoms with van der Waals surface area (Å²) in [5.41, 5.74) is 8.00. The van der Waals surface area contributed by atoms with Crippen molar-refractivity contribution in [2.24, 2.45) is 0 Å². The lowest BCUT2D eigenvalue weighted by Crippen LogP contribution is -2.23. The van der Waals surface area contributed by atoms with Gasteiger partial charge in [0.05, 0.1) is 5.56 Å². The minimum absolute atomic E-state index is 0.142. The fraction of sp³-hybridized carbons (Fsp3) is 0.0714. The Morgan fingerprint density at radius 1 is 1.16 bits per heavy atom. The molecule has 0 saturated carbocycles. The SMILES string of the molecule is Nc1ccccc1CNC(=O)c1cc(Br)ccc1Br. The van der Waals surface area contributed by atoms with Crippen LogP contribution in [0.2, 0.25) is 0 Å². The van der Waals surface area contributed by atoms with Crippen molar-refractivity contribution >= 4 is 43.5 Å². The molecule has 0 fully saturated rings. The van der Waals surface area contributed by atoms with Crippen molar-refractivity contribution in [1.29, 1.82) is 0 Å². The van der Waals surface area contributed by atoms with Gasteiger partial charge in [0, 0.05) is 21.2 Å². The molecule has 0 aliphatic carbocycles. The highest BCUT2D eigenvalue weighted by Crippen LogP contribution is 2.21. The Hall–Kier alpha value is -1.33. The monoisotopic (exact) mass is 382 g/mol. The average Bonchev–Trinajstić information content (AvgIpc) is 2.40. The van der Waals surface area contributed by atoms with Gasteiger partial charge in [-0.2, -0.15) is 0 Å². The lowest BCUT2D eigenvalue weighted by Gasteiger charge is -2.09. The minimum atomic E-state index is -0.142. The fourth-order valence-electron chi connectivity index (χ4n) is 1.64. The number of carbonyl (C=O) groups is 1. The summed E-state index contributed by atoms with van der Waals surface area (Å²) in [7, 11) is 0. The van der Waals surface area contributed by atoms with E-state index in [0.29, 0.717) is 17.8 Å². The standard InChI is InChI=1S/C14H12Br2N2O/c15-10-5-6-12(16)11(7-10)14(19)18-8-9-3-1-2-4-13(9)17/h1-7H,8,17H2,(H,18,19). The molecule has 0 radical (unpaired) electrons. The van der Waals surface area contributed by atoms with E-state index >= 15 is 0 Å². The van der Waals surface area contributed by atoms with E-state index in [9.17, 15) is 4.79 Å². The van der Waals surface area contributed by atoms with E-state index in [1.54, 1.807) is 6.07 Å². The van der Waals surface area contributed by atoms with Gasteiger partial charge < -0.3 is 11.1 Å². The third-order valence-electron chi connectivity index (χ3n) is 2.67. The molecule has 3 N–H and O–H groups in total. The molecule has 0 aliphatic heterocycles. The van der Waals surface area contributed by atoms with E-state index < -0.39 is 0 Å². The van der Waals surface area contributed by atoms with Crippen LogP contribution in [0.15, 0.2) is 51.4 Å². The van der Waals surface area contributed by atoms with Crippen LogP contribution in [0.4, 0.5) is 5.69 Å². The number of rotatable bonds is 3. The van der Waals surface area contributed by atoms with Crippen LogP contribution in [-0.2, 0) is 6.54 Å². The Morgan fingerprint density at radius 3 is 2.63 bits per heavy atom. The number of nitrogen functional groups attached to an aromatic ring is 1. The van der Waals surface area contributed by atoms with Crippen molar-refractivity contribution in [2.45, 2.75) is 6.54 Å². The maximum absolute atomic E-state index is 12.1. The first-order valence-electron chi connectivity index (χ1n) is 5.64. The zero-order valence-corrected chi connectivity index (χ0v) is 13.2. The Bertz CT molecular complexity index is 614. The van der Waals surface area contributed by atoms with Gasteiger partial charge in [-0.15, -0.1) is 0 Å². The highest BCUT2D eigenvalue weighted by molar-refractivity contribution is 9.11. The van der Waals surface area contributed by atoms with Crippen LogP contribution in [-0.4, -0.2) is 5.91 Å². The molecule has 2 rings (SSSR count). The summed E-state index contributed by atoms with van der Waals surface area (Å²) in [5.74, 6) is -0.142. The normalized spacial score (nSPS) is 10.2. The molecule has 3 nitrogen and oxygen atoms in total. The van der Waals surface area contributed by atoms with Crippen molar-refractivity contribution in [2.75, 3.05) is 5.73 Å². The molecule has 0 heterocycles. The summed E-state index contributed by atoms with van der Waals surface area (Å²) >= 11 is 6.72. The molecule has 0 bridgehead atoms. The van der Waals surface area contributed by atoms with Crippen LogP contribution >= 0.6 is 31.9 Å². The van der Waals surface area contributed by atoms with Crippen LogP contribution in [0, 0.1) is 0 Å². The molecular weight excluding hydrogens is 372 g/mol. The number of carbonyl (C=O) groups excluding carboxylic acids is 1. The predicted octanol–water partition coefficient (Wildman–Crippen LogP) is 3.72. The van der Waals surface area contributed by atoms with Crippen LogP contribution in [0.25, 0.3) is 0 Å². The molecule has 0 aromatic heterocycles. The fourth-order valence-corrected chi connectivity index (χ4v) is 2.43. The van der Waals surface area contributed by atoms with Gasteiger partial charge in [-0.1, -0.05) is 34.1 Å². The highest BCUT2D eigenvalue weighted by Gasteiger charge is 2.10. The van der Waals surface area contributed by atoms with Crippen LogP contribution in [0.1, 0.15) is 15.9 Å². The van der Waals surface area contributed by atoms with E-state index in [-0.39, 0.29) is 5.91 Å². The molecule has 0 spiro atoms. The molecule has 2 aromatic carbocycles. The summed E-state index contributed by atoms with van der Waals surface area (Å²) in [6, 6.07) is 12.9. The van der Waals surface area contributed by atoms with Crippen molar-refractivity contribution < 1.29 is 4.79 Å². The van der Waals surface area contributed by atoms with Gasteiger partial charge in [-0.05, 0) is 45.8 Å². The van der Waals surface area contributed by atoms with Gasteiger partial charge >= 0.3 is 0 Å². The molecule has 2 aromatic rings. The summed E-state index contributed by atoms with van der Waals surface area (Å²) < 4.78 is 1.62. The lowest BCUT2D eigenvalue weighted by molar-refractivity contribution is 0.0950. The lowest BCUT2D eigenvalue weighted by atomic mass is 10.1. The second-order valence-corrected chi connectivity index (χ2v) is 5.78. The molecule has 0 saturated heterocycles. The third-order valence-corrected chi connectivity index (χ3v) is 3.85. The molecule has 0 atom stereocenters. The number of benzene rings is 2. The van der Waals surface area contributed by atoms with Crippen molar-refractivity contribution in [3.05, 3.63) is 62.5 Å². The third kappa shape index (κ3) is 3.58. The number of halogens is 2. The predicted molar refractivity (Wildman–Crippen MR) is 83.9 cm³/mol. The Kier molecular flexibility index (Phi) is 4.61. The maximum atomic E-state index is 12.1. The van der Waals surface area contributed by atoms with Crippen molar-refractivity contribution in [3.63, 3.8) is 0 Å². The summed E-state index contributed by atoms with van der Waals surface area (Å²) in [6.45, 7) is 0.407. The first kappa shape index (κ1) is 14.1. The van der Waals surface area contributed by atoms with Gasteiger partial charge in [0.2, 0.25) is 0 Å². The van der Waals surface area contributed by atoms with Crippen molar-refractivity contribution in [1.82, 2.24) is 5.32 Å². The molecule has 98 valence electrons. The molecule has 0 aliphatic rings. The van der Waals surface area contributed by atoms with Gasteiger partial charge in [0.1, 0.15) is 0 Å². The van der Waals surface area contributed by atoms with Crippen LogP contribution < -0.4 is 11.1 Å². The zero-order chi connectivity index (χ0) is 13.8. The number of nitrogens with one attached hydrogen (secondary N) is 1. The molecule has 1 amide bonds. The smallest absolute Gasteiger partial charge is 0.252 e. The zero-order valence-electron chi connectivity index (χ0n) is 9.99. The molecular formula is C14H12Br2N2O. The first-order chi connectivity index (χ1) is 9.08. The minimum Gasteiger partial charge on any atom is -0.398 e. The number of nitrogens with two attached hydrogens (primary N) is 1. The summed E-state index contributed by atoms with van der Waals surface area (Å²) in [4.78, 5) is 12.1. The van der Waals surface area contributed by atoms with E-state index in [2.05, 4.69) is 37.2 Å². The summed E-state index contributed by atoms with van der Waals surface area (Å²) in [5, 5.41) is 2.85. The maximum Gasteiger partial charge on any atom is 0.252 e. The van der Waals surface area contributed by atoms with Gasteiger partial charge in [-0.3, -0.25) is 4.79 Å². The average molecular weight is 384 g/mol.